The Morgan fingerprint density at radius 3 is 2.66 bits per heavy atom. The molecule has 0 fully saturated rings. The third-order valence-corrected chi connectivity index (χ3v) is 4.89. The van der Waals surface area contributed by atoms with Gasteiger partial charge in [-0.15, -0.1) is 0 Å². The molecular weight excluding hydrogens is 372 g/mol. The maximum atomic E-state index is 13.0. The van der Waals surface area contributed by atoms with Gasteiger partial charge in [0.1, 0.15) is 23.6 Å². The lowest BCUT2D eigenvalue weighted by atomic mass is 10.2. The lowest BCUT2D eigenvalue weighted by molar-refractivity contribution is -0.117. The zero-order valence-corrected chi connectivity index (χ0v) is 16.3. The van der Waals surface area contributed by atoms with Crippen LogP contribution in [-0.4, -0.2) is 34.5 Å². The summed E-state index contributed by atoms with van der Waals surface area (Å²) in [5.41, 5.74) is 1.61. The lowest BCUT2D eigenvalue weighted by Crippen LogP contribution is -2.30. The van der Waals surface area contributed by atoms with Gasteiger partial charge in [-0.3, -0.25) is 9.59 Å². The van der Waals surface area contributed by atoms with Gasteiger partial charge in [0, 0.05) is 29.4 Å². The molecule has 8 nitrogen and oxygen atoms in total. The predicted octanol–water partition coefficient (Wildman–Crippen LogP) is 2.54. The summed E-state index contributed by atoms with van der Waals surface area (Å²) in [6, 6.07) is 12.8. The van der Waals surface area contributed by atoms with Crippen molar-refractivity contribution in [1.82, 2.24) is 14.3 Å². The van der Waals surface area contributed by atoms with Gasteiger partial charge >= 0.3 is 0 Å². The summed E-state index contributed by atoms with van der Waals surface area (Å²) in [6.45, 7) is -0.217. The van der Waals surface area contributed by atoms with E-state index in [0.717, 1.165) is 21.0 Å². The van der Waals surface area contributed by atoms with E-state index in [1.165, 1.54) is 7.11 Å². The summed E-state index contributed by atoms with van der Waals surface area (Å²) in [5.74, 6) is 0.683. The topological polar surface area (TPSA) is 87.4 Å². The first kappa shape index (κ1) is 18.5. The average Bonchev–Trinajstić information content (AvgIpc) is 3.03. The van der Waals surface area contributed by atoms with Crippen LogP contribution in [0.3, 0.4) is 0 Å². The molecule has 1 amide bonds. The number of aryl methyl sites for hydroxylation is 1. The Kier molecular flexibility index (Phi) is 4.67. The highest BCUT2D eigenvalue weighted by atomic mass is 16.5. The minimum Gasteiger partial charge on any atom is -0.497 e. The number of nitrogens with zero attached hydrogens (tertiary/aromatic N) is 3. The predicted molar refractivity (Wildman–Crippen MR) is 111 cm³/mol. The van der Waals surface area contributed by atoms with Gasteiger partial charge in [-0.05, 0) is 18.2 Å². The van der Waals surface area contributed by atoms with Crippen LogP contribution in [-0.2, 0) is 18.4 Å². The first-order valence-corrected chi connectivity index (χ1v) is 8.98. The molecule has 0 saturated carbocycles. The number of nitrogens with one attached hydrogen (secondary N) is 1. The van der Waals surface area contributed by atoms with Gasteiger partial charge in [0.05, 0.1) is 26.1 Å². The SMILES string of the molecule is COc1ccc(NC(=O)Cn2ncc3c4ccccc4n(C)c3c2=O)c(OC)c1. The van der Waals surface area contributed by atoms with Crippen molar-refractivity contribution in [3.05, 3.63) is 59.0 Å². The van der Waals surface area contributed by atoms with Gasteiger partial charge in [0.2, 0.25) is 5.91 Å². The molecule has 0 aliphatic heterocycles. The van der Waals surface area contributed by atoms with Gasteiger partial charge in [0.25, 0.3) is 5.56 Å². The van der Waals surface area contributed by atoms with E-state index in [9.17, 15) is 9.59 Å². The maximum Gasteiger partial charge on any atom is 0.291 e. The molecular formula is C21H20N4O4. The second-order valence-corrected chi connectivity index (χ2v) is 6.56. The maximum absolute atomic E-state index is 13.0. The van der Waals surface area contributed by atoms with E-state index in [0.29, 0.717) is 22.7 Å². The van der Waals surface area contributed by atoms with E-state index < -0.39 is 0 Å². The summed E-state index contributed by atoms with van der Waals surface area (Å²) in [5, 5.41) is 8.67. The first-order valence-electron chi connectivity index (χ1n) is 8.98. The monoisotopic (exact) mass is 392 g/mol. The highest BCUT2D eigenvalue weighted by molar-refractivity contribution is 6.07. The molecule has 8 heteroatoms. The molecule has 4 aromatic rings. The Bertz CT molecular complexity index is 1290. The Labute approximate surface area is 166 Å². The number of anilines is 1. The van der Waals surface area contributed by atoms with Crippen LogP contribution in [0.2, 0.25) is 0 Å². The summed E-state index contributed by atoms with van der Waals surface area (Å²) in [4.78, 5) is 25.5. The molecule has 0 unspecified atom stereocenters. The van der Waals surface area contributed by atoms with E-state index in [1.54, 1.807) is 31.5 Å². The van der Waals surface area contributed by atoms with Crippen molar-refractivity contribution in [3.63, 3.8) is 0 Å². The van der Waals surface area contributed by atoms with E-state index in [-0.39, 0.29) is 18.0 Å². The Hall–Kier alpha value is -3.81. The van der Waals surface area contributed by atoms with E-state index in [4.69, 9.17) is 9.47 Å². The fourth-order valence-corrected chi connectivity index (χ4v) is 3.45. The Balaban J connectivity index is 1.65. The molecule has 0 saturated heterocycles. The fourth-order valence-electron chi connectivity index (χ4n) is 3.45. The quantitative estimate of drug-likeness (QED) is 0.564. The number of hydrogen-bond donors (Lipinski definition) is 1. The van der Waals surface area contributed by atoms with Crippen molar-refractivity contribution in [2.24, 2.45) is 7.05 Å². The lowest BCUT2D eigenvalue weighted by Gasteiger charge is -2.12. The third-order valence-electron chi connectivity index (χ3n) is 4.89. The zero-order valence-electron chi connectivity index (χ0n) is 16.3. The number of amides is 1. The standard InChI is InChI=1S/C21H20N4O4/c1-24-17-7-5-4-6-14(17)15-11-22-25(21(27)20(15)24)12-19(26)23-16-9-8-13(28-2)10-18(16)29-3/h4-11H,12H2,1-3H3,(H,23,26). The molecule has 2 aromatic carbocycles. The molecule has 2 heterocycles. The normalized spacial score (nSPS) is 11.0. The number of rotatable bonds is 5. The van der Waals surface area contributed by atoms with Gasteiger partial charge in [-0.2, -0.15) is 5.10 Å². The van der Waals surface area contributed by atoms with Crippen LogP contribution in [0.5, 0.6) is 11.5 Å². The van der Waals surface area contributed by atoms with Gasteiger partial charge in [-0.25, -0.2) is 4.68 Å². The average molecular weight is 392 g/mol. The second kappa shape index (κ2) is 7.31. The van der Waals surface area contributed by atoms with E-state index >= 15 is 0 Å². The molecule has 0 aliphatic rings. The van der Waals surface area contributed by atoms with Crippen LogP contribution >= 0.6 is 0 Å². The van der Waals surface area contributed by atoms with Crippen LogP contribution in [0.25, 0.3) is 21.8 Å². The number of para-hydroxylation sites is 1. The molecule has 0 spiro atoms. The first-order chi connectivity index (χ1) is 14.0. The number of fused-ring (bicyclic) bond motifs is 3. The Morgan fingerprint density at radius 1 is 1.10 bits per heavy atom. The van der Waals surface area contributed by atoms with Crippen LogP contribution in [0, 0.1) is 0 Å². The number of aromatic nitrogens is 3. The van der Waals surface area contributed by atoms with Crippen LogP contribution in [0.15, 0.2) is 53.5 Å². The largest absolute Gasteiger partial charge is 0.497 e. The fraction of sp³-hybridized carbons (Fsp3) is 0.190. The molecule has 4 rings (SSSR count). The molecule has 0 aliphatic carbocycles. The van der Waals surface area contributed by atoms with Crippen LogP contribution in [0.1, 0.15) is 0 Å². The van der Waals surface area contributed by atoms with E-state index in [2.05, 4.69) is 10.4 Å². The van der Waals surface area contributed by atoms with Gasteiger partial charge in [-0.1, -0.05) is 18.2 Å². The number of ether oxygens (including phenoxy) is 2. The summed E-state index contributed by atoms with van der Waals surface area (Å²) in [6.07, 6.45) is 1.63. The summed E-state index contributed by atoms with van der Waals surface area (Å²) in [7, 11) is 4.89. The second-order valence-electron chi connectivity index (χ2n) is 6.56. The number of carbonyl (C=O) groups is 1. The number of benzene rings is 2. The molecule has 0 bridgehead atoms. The minimum absolute atomic E-state index is 0.217. The molecule has 29 heavy (non-hydrogen) atoms. The Morgan fingerprint density at radius 2 is 1.90 bits per heavy atom. The van der Waals surface area contributed by atoms with E-state index in [1.807, 2.05) is 35.9 Å². The third kappa shape index (κ3) is 3.18. The van der Waals surface area contributed by atoms with Gasteiger partial charge in [0.15, 0.2) is 0 Å². The summed E-state index contributed by atoms with van der Waals surface area (Å²) < 4.78 is 13.4. The molecule has 1 N–H and O–H groups in total. The smallest absolute Gasteiger partial charge is 0.291 e. The highest BCUT2D eigenvalue weighted by Crippen LogP contribution is 2.29. The highest BCUT2D eigenvalue weighted by Gasteiger charge is 2.16. The zero-order chi connectivity index (χ0) is 20.5. The van der Waals surface area contributed by atoms with Crippen LogP contribution in [0.4, 0.5) is 5.69 Å². The van der Waals surface area contributed by atoms with Gasteiger partial charge < -0.3 is 19.4 Å². The van der Waals surface area contributed by atoms with Crippen molar-refractivity contribution in [2.75, 3.05) is 19.5 Å². The van der Waals surface area contributed by atoms with Crippen molar-refractivity contribution in [1.29, 1.82) is 0 Å². The van der Waals surface area contributed by atoms with Crippen molar-refractivity contribution >= 4 is 33.4 Å². The number of methoxy groups -OCH3 is 2. The van der Waals surface area contributed by atoms with Crippen molar-refractivity contribution < 1.29 is 14.3 Å². The minimum atomic E-state index is -0.388. The molecule has 0 atom stereocenters. The molecule has 2 aromatic heterocycles. The van der Waals surface area contributed by atoms with Crippen molar-refractivity contribution in [3.8, 4) is 11.5 Å². The molecule has 0 radical (unpaired) electrons. The van der Waals surface area contributed by atoms with Crippen LogP contribution < -0.4 is 20.3 Å². The number of carbonyl (C=O) groups excluding carboxylic acids is 1. The molecule has 148 valence electrons. The number of hydrogen-bond acceptors (Lipinski definition) is 5. The summed E-state index contributed by atoms with van der Waals surface area (Å²) >= 11 is 0. The van der Waals surface area contributed by atoms with Crippen molar-refractivity contribution in [2.45, 2.75) is 6.54 Å².